The molecule has 2 unspecified atom stereocenters. The lowest BCUT2D eigenvalue weighted by molar-refractivity contribution is 0.554. The van der Waals surface area contributed by atoms with E-state index in [1.807, 2.05) is 18.3 Å². The number of hydrogen-bond acceptors (Lipinski definition) is 3. The van der Waals surface area contributed by atoms with Crippen molar-refractivity contribution in [3.63, 3.8) is 0 Å². The van der Waals surface area contributed by atoms with Crippen LogP contribution in [0, 0.1) is 13.8 Å². The Balaban J connectivity index is 1.48. The molecule has 4 rings (SSSR count). The molecule has 29 heavy (non-hydrogen) atoms. The number of aromatic nitrogens is 3. The summed E-state index contributed by atoms with van der Waals surface area (Å²) in [5, 5.41) is 8.49. The van der Waals surface area contributed by atoms with Gasteiger partial charge < -0.3 is 5.32 Å². The zero-order valence-electron chi connectivity index (χ0n) is 17.8. The lowest BCUT2D eigenvalue weighted by atomic mass is 9.96. The maximum Gasteiger partial charge on any atom is 0.0649 e. The van der Waals surface area contributed by atoms with Crippen molar-refractivity contribution in [2.24, 2.45) is 0 Å². The molecular formula is C25H30N4. The highest BCUT2D eigenvalue weighted by atomic mass is 15.3. The third-order valence-electron chi connectivity index (χ3n) is 5.88. The molecule has 4 heteroatoms. The van der Waals surface area contributed by atoms with Crippen LogP contribution in [0.5, 0.6) is 0 Å². The van der Waals surface area contributed by atoms with Gasteiger partial charge in [0.15, 0.2) is 0 Å². The minimum Gasteiger partial charge on any atom is -0.305 e. The van der Waals surface area contributed by atoms with E-state index in [1.54, 1.807) is 0 Å². The van der Waals surface area contributed by atoms with Gasteiger partial charge in [-0.25, -0.2) is 4.68 Å². The molecule has 1 aliphatic rings. The first-order valence-corrected chi connectivity index (χ1v) is 10.5. The summed E-state index contributed by atoms with van der Waals surface area (Å²) in [5.74, 6) is 0.944. The molecule has 2 heterocycles. The monoisotopic (exact) mass is 386 g/mol. The average molecular weight is 387 g/mol. The molecule has 2 atom stereocenters. The summed E-state index contributed by atoms with van der Waals surface area (Å²) in [7, 11) is 0. The van der Waals surface area contributed by atoms with Crippen molar-refractivity contribution in [1.82, 2.24) is 20.1 Å². The minimum absolute atomic E-state index is 0.370. The van der Waals surface area contributed by atoms with Crippen molar-refractivity contribution in [3.05, 3.63) is 89.0 Å². The number of nitrogens with one attached hydrogen (secondary N) is 1. The summed E-state index contributed by atoms with van der Waals surface area (Å²) in [6.07, 6.45) is 7.53. The Morgan fingerprint density at radius 3 is 2.55 bits per heavy atom. The maximum atomic E-state index is 4.87. The lowest BCUT2D eigenvalue weighted by Gasteiger charge is -2.15. The van der Waals surface area contributed by atoms with E-state index in [0.717, 1.165) is 30.0 Å². The molecule has 0 saturated carbocycles. The first-order valence-electron chi connectivity index (χ1n) is 10.5. The predicted molar refractivity (Wildman–Crippen MR) is 118 cm³/mol. The molecule has 0 saturated heterocycles. The number of hydrogen-bond donors (Lipinski definition) is 1. The van der Waals surface area contributed by atoms with Gasteiger partial charge in [0.2, 0.25) is 0 Å². The van der Waals surface area contributed by atoms with Crippen LogP contribution in [0.4, 0.5) is 0 Å². The van der Waals surface area contributed by atoms with E-state index in [0.29, 0.717) is 17.9 Å². The van der Waals surface area contributed by atoms with E-state index in [2.05, 4.69) is 85.2 Å². The van der Waals surface area contributed by atoms with Gasteiger partial charge in [-0.3, -0.25) is 4.98 Å². The fourth-order valence-corrected chi connectivity index (χ4v) is 4.25. The van der Waals surface area contributed by atoms with Gasteiger partial charge in [0.25, 0.3) is 0 Å². The second-order valence-electron chi connectivity index (χ2n) is 8.28. The highest BCUT2D eigenvalue weighted by Crippen LogP contribution is 2.34. The van der Waals surface area contributed by atoms with Gasteiger partial charge in [-0.15, -0.1) is 0 Å². The van der Waals surface area contributed by atoms with Crippen LogP contribution in [-0.2, 0) is 6.54 Å². The minimum atomic E-state index is 0.370. The standard InChI is InChI=1S/C25H30N4/c1-17(2)20-9-12-24(13-10-20)29-19(4)25(18(3)28-29)21-8-11-22(15-21)27-16-23-7-5-6-14-26-23/h5-14,17,21-22,27H,15-16H2,1-4H3. The number of allylic oxidation sites excluding steroid dienone is 1. The first kappa shape index (κ1) is 19.6. The first-order chi connectivity index (χ1) is 14.0. The molecule has 2 aromatic heterocycles. The third-order valence-corrected chi connectivity index (χ3v) is 5.88. The van der Waals surface area contributed by atoms with Crippen LogP contribution >= 0.6 is 0 Å². The number of benzene rings is 1. The van der Waals surface area contributed by atoms with Crippen molar-refractivity contribution in [2.75, 3.05) is 0 Å². The van der Waals surface area contributed by atoms with Crippen molar-refractivity contribution < 1.29 is 0 Å². The third kappa shape index (κ3) is 4.18. The van der Waals surface area contributed by atoms with Gasteiger partial charge in [0, 0.05) is 36.0 Å². The van der Waals surface area contributed by atoms with Gasteiger partial charge in [-0.2, -0.15) is 5.10 Å². The molecule has 0 aliphatic heterocycles. The van der Waals surface area contributed by atoms with Crippen LogP contribution in [0.25, 0.3) is 5.69 Å². The van der Waals surface area contributed by atoms with Crippen LogP contribution < -0.4 is 5.32 Å². The fraction of sp³-hybridized carbons (Fsp3) is 0.360. The smallest absolute Gasteiger partial charge is 0.0649 e. The van der Waals surface area contributed by atoms with E-state index in [-0.39, 0.29) is 0 Å². The van der Waals surface area contributed by atoms with Gasteiger partial charge in [0.05, 0.1) is 17.1 Å². The maximum absolute atomic E-state index is 4.87. The molecule has 150 valence electrons. The van der Waals surface area contributed by atoms with Crippen molar-refractivity contribution >= 4 is 0 Å². The lowest BCUT2D eigenvalue weighted by Crippen LogP contribution is -2.25. The van der Waals surface area contributed by atoms with Crippen molar-refractivity contribution in [1.29, 1.82) is 0 Å². The molecule has 1 N–H and O–H groups in total. The van der Waals surface area contributed by atoms with Crippen LogP contribution in [0.15, 0.2) is 60.8 Å². The summed E-state index contributed by atoms with van der Waals surface area (Å²) in [6, 6.07) is 15.2. The zero-order chi connectivity index (χ0) is 20.4. The average Bonchev–Trinajstić information content (AvgIpc) is 3.31. The number of pyridine rings is 1. The second kappa shape index (κ2) is 8.34. The molecule has 0 bridgehead atoms. The Labute approximate surface area is 173 Å². The topological polar surface area (TPSA) is 42.7 Å². The van der Waals surface area contributed by atoms with Crippen molar-refractivity contribution in [2.45, 2.75) is 58.5 Å². The molecule has 0 spiro atoms. The molecule has 0 amide bonds. The summed E-state index contributed by atoms with van der Waals surface area (Å²) in [5.41, 5.74) is 7.28. The molecule has 3 aromatic rings. The quantitative estimate of drug-likeness (QED) is 0.592. The Morgan fingerprint density at radius 2 is 1.86 bits per heavy atom. The SMILES string of the molecule is Cc1nn(-c2ccc(C(C)C)cc2)c(C)c1C1C=CC(NCc2ccccn2)C1. The molecule has 1 aromatic carbocycles. The Kier molecular flexibility index (Phi) is 5.63. The zero-order valence-corrected chi connectivity index (χ0v) is 17.8. The Hall–Kier alpha value is -2.72. The summed E-state index contributed by atoms with van der Waals surface area (Å²) in [6.45, 7) is 9.56. The van der Waals surface area contributed by atoms with Crippen LogP contribution in [0.1, 0.15) is 60.3 Å². The molecular weight excluding hydrogens is 356 g/mol. The van der Waals surface area contributed by atoms with E-state index in [4.69, 9.17) is 5.10 Å². The summed E-state index contributed by atoms with van der Waals surface area (Å²) >= 11 is 0. The molecule has 1 aliphatic carbocycles. The molecule has 0 radical (unpaired) electrons. The number of rotatable bonds is 6. The van der Waals surface area contributed by atoms with Crippen LogP contribution in [0.3, 0.4) is 0 Å². The van der Waals surface area contributed by atoms with Gasteiger partial charge in [0.1, 0.15) is 0 Å². The number of aryl methyl sites for hydroxylation is 1. The highest BCUT2D eigenvalue weighted by molar-refractivity contribution is 5.42. The fourth-order valence-electron chi connectivity index (χ4n) is 4.25. The molecule has 4 nitrogen and oxygen atoms in total. The summed E-state index contributed by atoms with van der Waals surface area (Å²) < 4.78 is 2.09. The van der Waals surface area contributed by atoms with Gasteiger partial charge in [-0.05, 0) is 56.0 Å². The van der Waals surface area contributed by atoms with Gasteiger partial charge in [-0.1, -0.05) is 44.2 Å². The van der Waals surface area contributed by atoms with E-state index >= 15 is 0 Å². The Morgan fingerprint density at radius 1 is 1.07 bits per heavy atom. The van der Waals surface area contributed by atoms with Crippen LogP contribution in [-0.4, -0.2) is 20.8 Å². The van der Waals surface area contributed by atoms with Crippen LogP contribution in [0.2, 0.25) is 0 Å². The summed E-state index contributed by atoms with van der Waals surface area (Å²) in [4.78, 5) is 4.40. The largest absolute Gasteiger partial charge is 0.305 e. The van der Waals surface area contributed by atoms with E-state index < -0.39 is 0 Å². The Bertz CT molecular complexity index is 984. The highest BCUT2D eigenvalue weighted by Gasteiger charge is 2.26. The van der Waals surface area contributed by atoms with Crippen molar-refractivity contribution in [3.8, 4) is 5.69 Å². The van der Waals surface area contributed by atoms with E-state index in [9.17, 15) is 0 Å². The van der Waals surface area contributed by atoms with Gasteiger partial charge >= 0.3 is 0 Å². The predicted octanol–water partition coefficient (Wildman–Crippen LogP) is 5.21. The number of nitrogens with zero attached hydrogens (tertiary/aromatic N) is 3. The molecule has 0 fully saturated rings. The van der Waals surface area contributed by atoms with E-state index in [1.165, 1.54) is 16.8 Å². The normalized spacial score (nSPS) is 18.7. The second-order valence-corrected chi connectivity index (χ2v) is 8.28.